The van der Waals surface area contributed by atoms with Gasteiger partial charge in [-0.15, -0.1) is 0 Å². The Hall–Kier alpha value is -7.95. The average molecular weight is 850 g/mol. The molecule has 15 heteroatoms. The molecule has 0 aliphatic carbocycles. The van der Waals surface area contributed by atoms with Gasteiger partial charge in [-0.25, -0.2) is 14.2 Å². The largest absolute Gasteiger partial charge is 0.508 e. The van der Waals surface area contributed by atoms with Crippen molar-refractivity contribution >= 4 is 19.9 Å². The van der Waals surface area contributed by atoms with E-state index in [1.807, 2.05) is 12.1 Å². The topological polar surface area (TPSA) is 184 Å². The van der Waals surface area contributed by atoms with Gasteiger partial charge < -0.3 is 24.4 Å². The summed E-state index contributed by atoms with van der Waals surface area (Å²) in [5, 5.41) is 2.67. The molecule has 14 nitrogen and oxygen atoms in total. The lowest BCUT2D eigenvalue weighted by molar-refractivity contribution is -0.115. The fourth-order valence-corrected chi connectivity index (χ4v) is 5.67. The van der Waals surface area contributed by atoms with Crippen LogP contribution < -0.4 is 16.6 Å². The van der Waals surface area contributed by atoms with Crippen LogP contribution in [-0.4, -0.2) is 59.0 Å². The normalized spacial score (nSPS) is 15.9. The molecule has 310 valence electrons. The Morgan fingerprint density at radius 3 is 2.02 bits per heavy atom. The number of benzene rings is 1. The van der Waals surface area contributed by atoms with E-state index in [0.29, 0.717) is 25.8 Å². The number of phosphoric ester groups is 1. The number of nitrogens with zero attached hydrogens (tertiary/aromatic N) is 1. The molecule has 2 unspecified atom stereocenters. The van der Waals surface area contributed by atoms with Crippen LogP contribution in [-0.2, 0) is 39.2 Å². The van der Waals surface area contributed by atoms with Gasteiger partial charge in [0.1, 0.15) is 31.6 Å². The third kappa shape index (κ3) is 19.7. The van der Waals surface area contributed by atoms with Crippen molar-refractivity contribution in [1.82, 2.24) is 14.9 Å². The maximum absolute atomic E-state index is 12.8. The van der Waals surface area contributed by atoms with Crippen LogP contribution in [0.1, 0.15) is 44.4 Å². The molecular weight excluding hydrogens is 814 g/mol. The van der Waals surface area contributed by atoms with Gasteiger partial charge in [-0.2, -0.15) is 0 Å². The molecule has 3 rings (SSSR count). The van der Waals surface area contributed by atoms with Crippen LogP contribution in [0.25, 0.3) is 0 Å². The van der Waals surface area contributed by atoms with E-state index >= 15 is 0 Å². The number of carbonyl (C=O) groups is 2. The summed E-state index contributed by atoms with van der Waals surface area (Å²) in [6.45, 7) is 1.49. The van der Waals surface area contributed by atoms with Gasteiger partial charge in [0.05, 0.1) is 0 Å². The minimum absolute atomic E-state index is 0.0627. The molecule has 3 N–H and O–H groups in total. The highest BCUT2D eigenvalue weighted by molar-refractivity contribution is 7.47. The molecule has 1 aliphatic rings. The molecule has 0 bridgehead atoms. The first-order chi connectivity index (χ1) is 30.1. The Kier molecular flexibility index (Phi) is 22.2. The van der Waals surface area contributed by atoms with Crippen LogP contribution in [0.5, 0.6) is 0 Å². The summed E-state index contributed by atoms with van der Waals surface area (Å²) in [6.07, 6.45) is 2.35. The zero-order chi connectivity index (χ0) is 44.7. The molecule has 0 saturated carbocycles. The first kappa shape index (κ1) is 48.4. The van der Waals surface area contributed by atoms with Crippen LogP contribution in [0.2, 0.25) is 0 Å². The summed E-state index contributed by atoms with van der Waals surface area (Å²) in [6, 6.07) is 10.0. The molecule has 1 aromatic heterocycles. The highest BCUT2D eigenvalue weighted by Gasteiger charge is 2.49. The smallest absolute Gasteiger partial charge is 0.431 e. The lowest BCUT2D eigenvalue weighted by Gasteiger charge is -2.25. The Labute approximate surface area is 359 Å². The number of hydrogen-bond acceptors (Lipinski definition) is 10. The van der Waals surface area contributed by atoms with Gasteiger partial charge in [-0.05, 0) is 133 Å². The molecular formula is C47H36N3O11P. The molecule has 1 aromatic carbocycles. The van der Waals surface area contributed by atoms with Crippen LogP contribution in [0, 0.1) is 124 Å². The number of aromatic nitrogens is 2. The van der Waals surface area contributed by atoms with Crippen molar-refractivity contribution in [3.05, 3.63) is 81.1 Å². The fraction of sp³-hybridized carbons (Fsp3) is 0.277. The Morgan fingerprint density at radius 2 is 1.44 bits per heavy atom. The Balaban J connectivity index is 1.50. The predicted octanol–water partition coefficient (Wildman–Crippen LogP) is 2.82. The second kappa shape index (κ2) is 28.5. The van der Waals surface area contributed by atoms with Crippen LogP contribution >= 0.6 is 7.82 Å². The standard InChI is InChI=1S/C47H36N3O11P/c1-3-4-5-6-7-8-9-10-11-12-13-14-15-16-17-18-19-22-28-33-42(51)48-35-29-23-20-21-27-32-40-44(61-62(55,56)57-2)41(60-45(40)50-36-34-43(52)49-46(50)53)38-59-47(54)58-37-39-30-25-24-26-31-39/h21,24-27,30-31,34,36,40-41,44-45H,20,23,29,32,35,37-38H2,1-2H3,(H,48,51)(H,55,56)(H,49,52,53)/b27-21+/t40?,41-,44-,45-/m1/s1. The quantitative estimate of drug-likeness (QED) is 0.0788. The maximum Gasteiger partial charge on any atom is 0.508 e. The first-order valence-electron chi connectivity index (χ1n) is 18.4. The van der Waals surface area contributed by atoms with Gasteiger partial charge >= 0.3 is 19.7 Å². The molecule has 1 aliphatic heterocycles. The number of allylic oxidation sites excluding steroid dienone is 2. The van der Waals surface area contributed by atoms with E-state index in [1.54, 1.807) is 37.3 Å². The van der Waals surface area contributed by atoms with Gasteiger partial charge in [0.25, 0.3) is 11.5 Å². The number of unbranched alkanes of at least 4 members (excludes halogenated alkanes) is 2. The average Bonchev–Trinajstić information content (AvgIpc) is 3.59. The van der Waals surface area contributed by atoms with E-state index in [1.165, 1.54) is 6.20 Å². The first-order valence-corrected chi connectivity index (χ1v) is 19.9. The van der Waals surface area contributed by atoms with Gasteiger partial charge in [0.2, 0.25) is 0 Å². The van der Waals surface area contributed by atoms with E-state index in [-0.39, 0.29) is 13.0 Å². The van der Waals surface area contributed by atoms with E-state index in [9.17, 15) is 28.6 Å². The second-order valence-electron chi connectivity index (χ2n) is 11.9. The minimum Gasteiger partial charge on any atom is -0.431 e. The molecule has 2 aromatic rings. The highest BCUT2D eigenvalue weighted by atomic mass is 31.2. The molecule has 0 radical (unpaired) electrons. The number of aromatic amines is 1. The summed E-state index contributed by atoms with van der Waals surface area (Å²) in [7, 11) is -3.64. The summed E-state index contributed by atoms with van der Waals surface area (Å²) < 4.78 is 40.4. The molecule has 2 heterocycles. The lowest BCUT2D eigenvalue weighted by Crippen LogP contribution is -2.35. The predicted molar refractivity (Wildman–Crippen MR) is 227 cm³/mol. The van der Waals surface area contributed by atoms with Crippen molar-refractivity contribution in [2.45, 2.75) is 57.6 Å². The zero-order valence-corrected chi connectivity index (χ0v) is 34.3. The fourth-order valence-electron chi connectivity index (χ4n) is 4.99. The zero-order valence-electron chi connectivity index (χ0n) is 33.4. The van der Waals surface area contributed by atoms with Crippen molar-refractivity contribution in [2.24, 2.45) is 5.92 Å². The molecule has 5 atom stereocenters. The summed E-state index contributed by atoms with van der Waals surface area (Å²) in [5.74, 6) is 48.4. The van der Waals surface area contributed by atoms with Crippen molar-refractivity contribution < 1.29 is 42.3 Å². The SMILES string of the molecule is CC#CC#CC#CC#CC#CC#CC#CC#CC#CC#CC(=O)NCCCC/C=C/CC1[C@@H](OP(=O)(O)OC)[C@@H](COC(=O)OCc2ccccc2)O[C@H]1n1ccc(=O)[nH]c1=O. The van der Waals surface area contributed by atoms with Crippen LogP contribution in [0.15, 0.2) is 64.3 Å². The summed E-state index contributed by atoms with van der Waals surface area (Å²) in [4.78, 5) is 61.5. The summed E-state index contributed by atoms with van der Waals surface area (Å²) >= 11 is 0. The number of ether oxygens (including phenoxy) is 3. The number of rotatable bonds is 15. The van der Waals surface area contributed by atoms with Crippen LogP contribution in [0.3, 0.4) is 0 Å². The Bertz CT molecular complexity index is 2780. The summed E-state index contributed by atoms with van der Waals surface area (Å²) in [5.41, 5.74) is -0.719. The number of phosphoric acid groups is 1. The lowest BCUT2D eigenvalue weighted by atomic mass is 9.95. The molecule has 0 spiro atoms. The van der Waals surface area contributed by atoms with Gasteiger partial charge in [-0.3, -0.25) is 28.2 Å². The third-order valence-corrected chi connectivity index (χ3v) is 8.64. The number of nitrogens with one attached hydrogen (secondary N) is 2. The minimum atomic E-state index is -4.63. The van der Waals surface area contributed by atoms with E-state index in [2.05, 4.69) is 133 Å². The van der Waals surface area contributed by atoms with Crippen molar-refractivity contribution in [2.75, 3.05) is 20.3 Å². The van der Waals surface area contributed by atoms with Gasteiger partial charge in [0.15, 0.2) is 0 Å². The highest BCUT2D eigenvalue weighted by Crippen LogP contribution is 2.50. The van der Waals surface area contributed by atoms with Crippen molar-refractivity contribution in [3.63, 3.8) is 0 Å². The number of amides is 1. The van der Waals surface area contributed by atoms with E-state index in [4.69, 9.17) is 18.7 Å². The molecule has 1 saturated heterocycles. The van der Waals surface area contributed by atoms with Crippen molar-refractivity contribution in [3.8, 4) is 118 Å². The molecule has 1 fully saturated rings. The maximum atomic E-state index is 12.8. The molecule has 1 amide bonds. The van der Waals surface area contributed by atoms with Gasteiger partial charge in [0, 0.05) is 49.6 Å². The second-order valence-corrected chi connectivity index (χ2v) is 13.4. The van der Waals surface area contributed by atoms with E-state index < -0.39 is 62.1 Å². The van der Waals surface area contributed by atoms with Crippen LogP contribution in [0.4, 0.5) is 4.79 Å². The van der Waals surface area contributed by atoms with Crippen molar-refractivity contribution in [1.29, 1.82) is 0 Å². The molecule has 62 heavy (non-hydrogen) atoms. The van der Waals surface area contributed by atoms with Gasteiger partial charge in [-0.1, -0.05) is 48.4 Å². The number of carbonyl (C=O) groups excluding carboxylic acids is 2. The third-order valence-electron chi connectivity index (χ3n) is 7.67. The number of H-pyrrole nitrogens is 1. The monoisotopic (exact) mass is 849 g/mol. The van der Waals surface area contributed by atoms with E-state index in [0.717, 1.165) is 23.3 Å². The Morgan fingerprint density at radius 1 is 0.839 bits per heavy atom. The number of hydrogen-bond donors (Lipinski definition) is 3.